The number of esters is 1. The van der Waals surface area contributed by atoms with Crippen LogP contribution >= 0.6 is 0 Å². The molecular weight excluding hydrogens is 346 g/mol. The highest BCUT2D eigenvalue weighted by molar-refractivity contribution is 6.06. The van der Waals surface area contributed by atoms with E-state index in [0.717, 1.165) is 11.1 Å². The monoisotopic (exact) mass is 371 g/mol. The van der Waals surface area contributed by atoms with Crippen LogP contribution in [-0.4, -0.2) is 38.8 Å². The van der Waals surface area contributed by atoms with E-state index in [1.807, 2.05) is 26.8 Å². The van der Waals surface area contributed by atoms with E-state index in [0.29, 0.717) is 42.4 Å². The van der Waals surface area contributed by atoms with Gasteiger partial charge in [0.1, 0.15) is 12.4 Å². The van der Waals surface area contributed by atoms with Gasteiger partial charge in [-0.2, -0.15) is 0 Å². The number of amides is 1. The number of rotatable bonds is 8. The maximum absolute atomic E-state index is 12.7. The first kappa shape index (κ1) is 20.5. The molecule has 1 N–H and O–H groups in total. The van der Waals surface area contributed by atoms with Gasteiger partial charge in [-0.1, -0.05) is 12.1 Å². The number of nitrogens with one attached hydrogen (secondary N) is 1. The van der Waals surface area contributed by atoms with E-state index in [4.69, 9.17) is 14.2 Å². The van der Waals surface area contributed by atoms with Gasteiger partial charge in [0.2, 0.25) is 0 Å². The summed E-state index contributed by atoms with van der Waals surface area (Å²) in [5.41, 5.74) is 3.06. The van der Waals surface area contributed by atoms with Crippen molar-refractivity contribution in [2.24, 2.45) is 0 Å². The van der Waals surface area contributed by atoms with E-state index >= 15 is 0 Å². The highest BCUT2D eigenvalue weighted by Crippen LogP contribution is 2.23. The van der Waals surface area contributed by atoms with Crippen molar-refractivity contribution in [3.8, 4) is 5.75 Å². The molecule has 0 atom stereocenters. The molecule has 0 aliphatic carbocycles. The molecule has 2 aromatic rings. The van der Waals surface area contributed by atoms with Crippen LogP contribution < -0.4 is 10.1 Å². The molecule has 144 valence electrons. The number of hydrogen-bond donors (Lipinski definition) is 1. The summed E-state index contributed by atoms with van der Waals surface area (Å²) in [6.45, 7) is 7.05. The smallest absolute Gasteiger partial charge is 0.338 e. The van der Waals surface area contributed by atoms with Crippen molar-refractivity contribution >= 4 is 17.6 Å². The Morgan fingerprint density at radius 1 is 1.04 bits per heavy atom. The van der Waals surface area contributed by atoms with Crippen molar-refractivity contribution < 1.29 is 23.8 Å². The molecule has 6 heteroatoms. The molecule has 6 nitrogen and oxygen atoms in total. The van der Waals surface area contributed by atoms with Crippen LogP contribution in [0.2, 0.25) is 0 Å². The van der Waals surface area contributed by atoms with Crippen LogP contribution in [0.5, 0.6) is 5.75 Å². The van der Waals surface area contributed by atoms with Crippen LogP contribution in [-0.2, 0) is 9.47 Å². The van der Waals surface area contributed by atoms with Crippen molar-refractivity contribution in [3.63, 3.8) is 0 Å². The number of benzene rings is 2. The highest BCUT2D eigenvalue weighted by Gasteiger charge is 2.16. The number of para-hydroxylation sites is 1. The second-order valence-electron chi connectivity index (χ2n) is 5.95. The van der Waals surface area contributed by atoms with Crippen LogP contribution in [0, 0.1) is 13.8 Å². The summed E-state index contributed by atoms with van der Waals surface area (Å²) < 4.78 is 15.7. The molecule has 2 rings (SSSR count). The maximum atomic E-state index is 12.7. The minimum atomic E-state index is -0.439. The normalized spacial score (nSPS) is 10.4. The Labute approximate surface area is 159 Å². The summed E-state index contributed by atoms with van der Waals surface area (Å²) >= 11 is 0. The third-order valence-electron chi connectivity index (χ3n) is 4.15. The van der Waals surface area contributed by atoms with Gasteiger partial charge in [-0.25, -0.2) is 4.79 Å². The number of carbonyl (C=O) groups is 2. The Morgan fingerprint density at radius 3 is 2.48 bits per heavy atom. The van der Waals surface area contributed by atoms with Crippen LogP contribution in [0.4, 0.5) is 5.69 Å². The molecule has 0 saturated heterocycles. The van der Waals surface area contributed by atoms with E-state index in [1.165, 1.54) is 7.11 Å². The van der Waals surface area contributed by atoms with Crippen molar-refractivity contribution in [1.29, 1.82) is 0 Å². The molecule has 0 fully saturated rings. The summed E-state index contributed by atoms with van der Waals surface area (Å²) in [5, 5.41) is 2.83. The average molecular weight is 371 g/mol. The first-order chi connectivity index (χ1) is 13.0. The number of ether oxygens (including phenoxy) is 3. The van der Waals surface area contributed by atoms with Gasteiger partial charge < -0.3 is 19.5 Å². The number of hydrogen-bond acceptors (Lipinski definition) is 5. The van der Waals surface area contributed by atoms with Gasteiger partial charge in [-0.05, 0) is 56.2 Å². The molecule has 1 amide bonds. The third-order valence-corrected chi connectivity index (χ3v) is 4.15. The van der Waals surface area contributed by atoms with Gasteiger partial charge in [-0.3, -0.25) is 4.79 Å². The fourth-order valence-electron chi connectivity index (χ4n) is 2.59. The second kappa shape index (κ2) is 9.73. The van der Waals surface area contributed by atoms with E-state index in [-0.39, 0.29) is 5.91 Å². The average Bonchev–Trinajstić information content (AvgIpc) is 2.67. The zero-order chi connectivity index (χ0) is 19.8. The lowest BCUT2D eigenvalue weighted by Crippen LogP contribution is -2.16. The molecule has 0 saturated carbocycles. The lowest BCUT2D eigenvalue weighted by atomic mass is 10.0. The first-order valence-corrected chi connectivity index (χ1v) is 8.78. The fraction of sp³-hybridized carbons (Fsp3) is 0.333. The Balaban J connectivity index is 2.20. The molecule has 0 aliphatic rings. The lowest BCUT2D eigenvalue weighted by Gasteiger charge is -2.14. The summed E-state index contributed by atoms with van der Waals surface area (Å²) in [4.78, 5) is 24.7. The highest BCUT2D eigenvalue weighted by atomic mass is 16.5. The summed E-state index contributed by atoms with van der Waals surface area (Å²) in [7, 11) is 1.33. The van der Waals surface area contributed by atoms with Gasteiger partial charge >= 0.3 is 5.97 Å². The van der Waals surface area contributed by atoms with Crippen LogP contribution in [0.15, 0.2) is 36.4 Å². The molecule has 2 aromatic carbocycles. The van der Waals surface area contributed by atoms with Crippen LogP contribution in [0.3, 0.4) is 0 Å². The van der Waals surface area contributed by atoms with Crippen molar-refractivity contribution in [2.75, 3.05) is 32.2 Å². The quantitative estimate of drug-likeness (QED) is 0.565. The summed E-state index contributed by atoms with van der Waals surface area (Å²) in [6.07, 6.45) is 0. The number of anilines is 1. The summed E-state index contributed by atoms with van der Waals surface area (Å²) in [5.74, 6) is -0.279. The van der Waals surface area contributed by atoms with Crippen molar-refractivity contribution in [3.05, 3.63) is 58.7 Å². The van der Waals surface area contributed by atoms with Crippen molar-refractivity contribution in [1.82, 2.24) is 0 Å². The van der Waals surface area contributed by atoms with Gasteiger partial charge in [-0.15, -0.1) is 0 Å². The molecule has 0 aliphatic heterocycles. The van der Waals surface area contributed by atoms with Gasteiger partial charge in [0, 0.05) is 12.3 Å². The Kier molecular flexibility index (Phi) is 7.37. The van der Waals surface area contributed by atoms with E-state index in [2.05, 4.69) is 5.32 Å². The molecule has 0 radical (unpaired) electrons. The number of aryl methyl sites for hydroxylation is 1. The standard InChI is InChI=1S/C21H25NO5/c1-5-26-10-11-27-19-9-7-6-8-17(19)20(23)22-16-12-14(2)15(3)18(13-16)21(24)25-4/h6-9,12-13H,5,10-11H2,1-4H3,(H,22,23). The number of carbonyl (C=O) groups excluding carboxylic acids is 2. The molecule has 0 unspecified atom stereocenters. The number of methoxy groups -OCH3 is 1. The molecule has 0 spiro atoms. The molecule has 0 heterocycles. The first-order valence-electron chi connectivity index (χ1n) is 8.78. The second-order valence-corrected chi connectivity index (χ2v) is 5.95. The van der Waals surface area contributed by atoms with E-state index in [9.17, 15) is 9.59 Å². The van der Waals surface area contributed by atoms with E-state index < -0.39 is 5.97 Å². The zero-order valence-corrected chi connectivity index (χ0v) is 16.1. The molecule has 0 aromatic heterocycles. The third kappa shape index (κ3) is 5.31. The minimum Gasteiger partial charge on any atom is -0.490 e. The van der Waals surface area contributed by atoms with Crippen LogP contribution in [0.1, 0.15) is 38.8 Å². The van der Waals surface area contributed by atoms with Crippen LogP contribution in [0.25, 0.3) is 0 Å². The van der Waals surface area contributed by atoms with Crippen molar-refractivity contribution in [2.45, 2.75) is 20.8 Å². The predicted octanol–water partition coefficient (Wildman–Crippen LogP) is 3.76. The zero-order valence-electron chi connectivity index (χ0n) is 16.1. The molecule has 27 heavy (non-hydrogen) atoms. The maximum Gasteiger partial charge on any atom is 0.338 e. The van der Waals surface area contributed by atoms with E-state index in [1.54, 1.807) is 30.3 Å². The van der Waals surface area contributed by atoms with Gasteiger partial charge in [0.25, 0.3) is 5.91 Å². The SMILES string of the molecule is CCOCCOc1ccccc1C(=O)Nc1cc(C)c(C)c(C(=O)OC)c1. The largest absolute Gasteiger partial charge is 0.490 e. The Hall–Kier alpha value is -2.86. The fourth-order valence-corrected chi connectivity index (χ4v) is 2.59. The Morgan fingerprint density at radius 2 is 1.78 bits per heavy atom. The molecule has 0 bridgehead atoms. The van der Waals surface area contributed by atoms with Gasteiger partial charge in [0.05, 0.1) is 24.8 Å². The topological polar surface area (TPSA) is 73.9 Å². The Bertz CT molecular complexity index is 816. The molecular formula is C21H25NO5. The minimum absolute atomic E-state index is 0.318. The van der Waals surface area contributed by atoms with Gasteiger partial charge in [0.15, 0.2) is 0 Å². The summed E-state index contributed by atoms with van der Waals surface area (Å²) in [6, 6.07) is 10.4. The lowest BCUT2D eigenvalue weighted by molar-refractivity contribution is 0.0599. The predicted molar refractivity (Wildman–Crippen MR) is 104 cm³/mol.